The summed E-state index contributed by atoms with van der Waals surface area (Å²) in [6.45, 7) is 4.02. The number of anilines is 1. The van der Waals surface area contributed by atoms with E-state index in [1.165, 1.54) is 5.69 Å². The van der Waals surface area contributed by atoms with E-state index >= 15 is 0 Å². The minimum absolute atomic E-state index is 0.00717. The van der Waals surface area contributed by atoms with Gasteiger partial charge in [-0.1, -0.05) is 36.4 Å². The van der Waals surface area contributed by atoms with Crippen LogP contribution in [0.4, 0.5) is 5.69 Å². The van der Waals surface area contributed by atoms with Crippen molar-refractivity contribution in [2.45, 2.75) is 0 Å². The highest BCUT2D eigenvalue weighted by molar-refractivity contribution is 7.87. The third-order valence-corrected chi connectivity index (χ3v) is 5.25. The van der Waals surface area contributed by atoms with Gasteiger partial charge >= 0.3 is 10.1 Å². The van der Waals surface area contributed by atoms with E-state index in [4.69, 9.17) is 4.18 Å². The molecule has 0 N–H and O–H groups in total. The third-order valence-electron chi connectivity index (χ3n) is 4.12. The zero-order chi connectivity index (χ0) is 16.8. The fraction of sp³-hybridized carbons (Fsp3) is 0.333. The van der Waals surface area contributed by atoms with Gasteiger partial charge in [0.2, 0.25) is 0 Å². The van der Waals surface area contributed by atoms with Gasteiger partial charge in [-0.2, -0.15) is 8.42 Å². The molecule has 2 aromatic rings. The molecule has 0 amide bonds. The summed E-state index contributed by atoms with van der Waals surface area (Å²) in [6.07, 6.45) is 0. The Morgan fingerprint density at radius 2 is 1.42 bits per heavy atom. The molecule has 128 valence electrons. The van der Waals surface area contributed by atoms with E-state index in [2.05, 4.69) is 21.9 Å². The molecule has 24 heavy (non-hydrogen) atoms. The maximum absolute atomic E-state index is 12.1. The second kappa shape index (κ2) is 7.68. The smallest absolute Gasteiger partial charge is 0.310 e. The molecule has 0 bridgehead atoms. The maximum Gasteiger partial charge on any atom is 0.310 e. The van der Waals surface area contributed by atoms with Crippen molar-refractivity contribution in [3.05, 3.63) is 60.7 Å². The van der Waals surface area contributed by atoms with Crippen molar-refractivity contribution < 1.29 is 12.6 Å². The molecule has 2 aromatic carbocycles. The van der Waals surface area contributed by atoms with Crippen LogP contribution in [0.25, 0.3) is 0 Å². The third kappa shape index (κ3) is 4.72. The van der Waals surface area contributed by atoms with Gasteiger partial charge in [0.15, 0.2) is 0 Å². The van der Waals surface area contributed by atoms with Crippen molar-refractivity contribution in [3.63, 3.8) is 0 Å². The molecule has 0 aromatic heterocycles. The van der Waals surface area contributed by atoms with E-state index in [0.717, 1.165) is 26.2 Å². The lowest BCUT2D eigenvalue weighted by Crippen LogP contribution is -2.47. The fourth-order valence-corrected chi connectivity index (χ4v) is 3.74. The second-order valence-electron chi connectivity index (χ2n) is 5.82. The Morgan fingerprint density at radius 3 is 2.04 bits per heavy atom. The first-order valence-corrected chi connectivity index (χ1v) is 9.70. The van der Waals surface area contributed by atoms with Crippen LogP contribution in [0.3, 0.4) is 0 Å². The van der Waals surface area contributed by atoms with E-state index in [0.29, 0.717) is 12.3 Å². The molecule has 1 aliphatic rings. The first kappa shape index (κ1) is 16.8. The molecule has 3 rings (SSSR count). The highest BCUT2D eigenvalue weighted by Gasteiger charge is 2.20. The Balaban J connectivity index is 1.46. The first-order valence-electron chi connectivity index (χ1n) is 8.12. The molecule has 5 nitrogen and oxygen atoms in total. The molecular formula is C18H22N2O3S. The molecular weight excluding hydrogens is 324 g/mol. The van der Waals surface area contributed by atoms with Crippen LogP contribution in [0, 0.1) is 0 Å². The van der Waals surface area contributed by atoms with E-state index in [-0.39, 0.29) is 5.75 Å². The van der Waals surface area contributed by atoms with Crippen LogP contribution in [-0.4, -0.2) is 51.8 Å². The summed E-state index contributed by atoms with van der Waals surface area (Å²) in [5, 5.41) is 0. The number of para-hydroxylation sites is 2. The molecule has 1 saturated heterocycles. The van der Waals surface area contributed by atoms with Crippen molar-refractivity contribution in [1.82, 2.24) is 4.90 Å². The van der Waals surface area contributed by atoms with E-state index in [9.17, 15) is 8.42 Å². The Bertz CT molecular complexity index is 727. The lowest BCUT2D eigenvalue weighted by atomic mass is 10.2. The van der Waals surface area contributed by atoms with Crippen molar-refractivity contribution >= 4 is 15.8 Å². The number of rotatable bonds is 6. The highest BCUT2D eigenvalue weighted by Crippen LogP contribution is 2.16. The number of piperazine rings is 1. The molecule has 1 aliphatic heterocycles. The molecule has 1 fully saturated rings. The van der Waals surface area contributed by atoms with E-state index in [1.807, 2.05) is 24.3 Å². The average Bonchev–Trinajstić information content (AvgIpc) is 2.62. The number of hydrogen-bond acceptors (Lipinski definition) is 5. The first-order chi connectivity index (χ1) is 11.6. The van der Waals surface area contributed by atoms with Crippen LogP contribution in [0.2, 0.25) is 0 Å². The minimum atomic E-state index is -3.55. The number of hydrogen-bond donors (Lipinski definition) is 0. The van der Waals surface area contributed by atoms with Crippen LogP contribution in [0.15, 0.2) is 60.7 Å². The van der Waals surface area contributed by atoms with Gasteiger partial charge < -0.3 is 9.08 Å². The summed E-state index contributed by atoms with van der Waals surface area (Å²) >= 11 is 0. The Hall–Kier alpha value is -2.05. The van der Waals surface area contributed by atoms with Crippen molar-refractivity contribution in [2.24, 2.45) is 0 Å². The van der Waals surface area contributed by atoms with Gasteiger partial charge in [0.1, 0.15) is 5.75 Å². The number of benzene rings is 2. The van der Waals surface area contributed by atoms with E-state index in [1.54, 1.807) is 24.3 Å². The van der Waals surface area contributed by atoms with Gasteiger partial charge in [0.05, 0.1) is 5.75 Å². The molecule has 0 atom stereocenters. The van der Waals surface area contributed by atoms with Crippen LogP contribution in [0.1, 0.15) is 0 Å². The van der Waals surface area contributed by atoms with Crippen LogP contribution >= 0.6 is 0 Å². The van der Waals surface area contributed by atoms with Gasteiger partial charge in [-0.15, -0.1) is 0 Å². The van der Waals surface area contributed by atoms with Crippen molar-refractivity contribution in [3.8, 4) is 5.75 Å². The highest BCUT2D eigenvalue weighted by atomic mass is 32.2. The monoisotopic (exact) mass is 346 g/mol. The normalized spacial score (nSPS) is 16.1. The Morgan fingerprint density at radius 1 is 0.833 bits per heavy atom. The standard InChI is InChI=1S/C18H22N2O3S/c21-24(22,23-18-9-5-2-6-10-18)16-15-19-11-13-20(14-12-19)17-7-3-1-4-8-17/h1-10H,11-16H2. The summed E-state index contributed by atoms with van der Waals surface area (Å²) in [7, 11) is -3.55. The molecule has 0 radical (unpaired) electrons. The Labute approximate surface area is 143 Å². The number of nitrogens with zero attached hydrogens (tertiary/aromatic N) is 2. The maximum atomic E-state index is 12.1. The summed E-state index contributed by atoms with van der Waals surface area (Å²) < 4.78 is 29.3. The lowest BCUT2D eigenvalue weighted by Gasteiger charge is -2.35. The predicted molar refractivity (Wildman–Crippen MR) is 96.0 cm³/mol. The van der Waals surface area contributed by atoms with Crippen molar-refractivity contribution in [1.29, 1.82) is 0 Å². The largest absolute Gasteiger partial charge is 0.382 e. The summed E-state index contributed by atoms with van der Waals surface area (Å²) in [5.41, 5.74) is 1.22. The summed E-state index contributed by atoms with van der Waals surface area (Å²) in [5.74, 6) is 0.374. The molecule has 0 saturated carbocycles. The fourth-order valence-electron chi connectivity index (χ4n) is 2.77. The predicted octanol–water partition coefficient (Wildman–Crippen LogP) is 2.22. The zero-order valence-corrected chi connectivity index (χ0v) is 14.4. The second-order valence-corrected chi connectivity index (χ2v) is 7.51. The minimum Gasteiger partial charge on any atom is -0.382 e. The molecule has 1 heterocycles. The topological polar surface area (TPSA) is 49.9 Å². The summed E-state index contributed by atoms with van der Waals surface area (Å²) in [6, 6.07) is 18.9. The van der Waals surface area contributed by atoms with Crippen LogP contribution in [0.5, 0.6) is 5.75 Å². The zero-order valence-electron chi connectivity index (χ0n) is 13.5. The van der Waals surface area contributed by atoms with Crippen LogP contribution < -0.4 is 9.08 Å². The van der Waals surface area contributed by atoms with Gasteiger partial charge in [-0.25, -0.2) is 0 Å². The SMILES string of the molecule is O=S(=O)(CCN1CCN(c2ccccc2)CC1)Oc1ccccc1. The van der Waals surface area contributed by atoms with E-state index < -0.39 is 10.1 Å². The average molecular weight is 346 g/mol. The van der Waals surface area contributed by atoms with Gasteiger partial charge in [0.25, 0.3) is 0 Å². The van der Waals surface area contributed by atoms with Gasteiger partial charge in [-0.3, -0.25) is 4.90 Å². The van der Waals surface area contributed by atoms with Gasteiger partial charge in [-0.05, 0) is 24.3 Å². The van der Waals surface area contributed by atoms with Crippen molar-refractivity contribution in [2.75, 3.05) is 43.4 Å². The van der Waals surface area contributed by atoms with Gasteiger partial charge in [0, 0.05) is 38.4 Å². The molecule has 0 aliphatic carbocycles. The Kier molecular flexibility index (Phi) is 5.37. The summed E-state index contributed by atoms with van der Waals surface area (Å²) in [4.78, 5) is 4.50. The quantitative estimate of drug-likeness (QED) is 0.751. The molecule has 0 spiro atoms. The molecule has 0 unspecified atom stereocenters. The molecule has 6 heteroatoms. The van der Waals surface area contributed by atoms with Crippen LogP contribution in [-0.2, 0) is 10.1 Å². The lowest BCUT2D eigenvalue weighted by molar-refractivity contribution is 0.270.